The Balaban J connectivity index is 2.73. The maximum Gasteiger partial charge on any atom is 0.423 e. The second kappa shape index (κ2) is 4.92. The predicted molar refractivity (Wildman–Crippen MR) is 56.5 cm³/mol. The summed E-state index contributed by atoms with van der Waals surface area (Å²) in [4.78, 5) is 32.2. The van der Waals surface area contributed by atoms with Gasteiger partial charge in [0.15, 0.2) is 0 Å². The van der Waals surface area contributed by atoms with Crippen molar-refractivity contribution in [3.05, 3.63) is 34.4 Å². The summed E-state index contributed by atoms with van der Waals surface area (Å²) in [5, 5.41) is 10.4. The van der Waals surface area contributed by atoms with Gasteiger partial charge in [-0.1, -0.05) is 0 Å². The van der Waals surface area contributed by atoms with Crippen molar-refractivity contribution in [1.82, 2.24) is 4.90 Å². The zero-order valence-corrected chi connectivity index (χ0v) is 8.82. The van der Waals surface area contributed by atoms with Crippen LogP contribution in [0.2, 0.25) is 0 Å². The van der Waals surface area contributed by atoms with Crippen molar-refractivity contribution in [2.24, 2.45) is 5.73 Å². The second-order valence-corrected chi connectivity index (χ2v) is 3.02. The van der Waals surface area contributed by atoms with E-state index in [1.165, 1.54) is 24.3 Å². The quantitative estimate of drug-likeness (QED) is 0.612. The summed E-state index contributed by atoms with van der Waals surface area (Å²) in [6.07, 6.45) is -0.966. The first-order valence-electron chi connectivity index (χ1n) is 4.41. The van der Waals surface area contributed by atoms with Gasteiger partial charge in [-0.05, 0) is 12.1 Å². The van der Waals surface area contributed by atoms with E-state index < -0.39 is 17.0 Å². The van der Waals surface area contributed by atoms with Crippen molar-refractivity contribution in [1.29, 1.82) is 0 Å². The number of nitrogens with zero attached hydrogens (tertiary/aromatic N) is 2. The molecule has 3 amide bonds. The van der Waals surface area contributed by atoms with Crippen molar-refractivity contribution in [2.75, 3.05) is 7.05 Å². The third kappa shape index (κ3) is 3.16. The SMILES string of the molecule is CN(C(N)=O)C(=O)Oc1ccc([N+](=O)[O-])cc1. The summed E-state index contributed by atoms with van der Waals surface area (Å²) in [7, 11) is 1.15. The van der Waals surface area contributed by atoms with Gasteiger partial charge in [0.1, 0.15) is 5.75 Å². The molecular weight excluding hydrogens is 230 g/mol. The average molecular weight is 239 g/mol. The number of nitro benzene ring substituents is 1. The Morgan fingerprint density at radius 2 is 1.88 bits per heavy atom. The number of nitrogens with two attached hydrogens (primary N) is 1. The Morgan fingerprint density at radius 1 is 1.35 bits per heavy atom. The Morgan fingerprint density at radius 3 is 2.29 bits per heavy atom. The minimum atomic E-state index is -0.966. The maximum absolute atomic E-state index is 11.2. The molecule has 0 unspecified atom stereocenters. The van der Waals surface area contributed by atoms with Crippen LogP contribution in [0, 0.1) is 10.1 Å². The summed E-state index contributed by atoms with van der Waals surface area (Å²) < 4.78 is 4.74. The zero-order chi connectivity index (χ0) is 13.0. The highest BCUT2D eigenvalue weighted by atomic mass is 16.6. The van der Waals surface area contributed by atoms with Gasteiger partial charge < -0.3 is 10.5 Å². The monoisotopic (exact) mass is 239 g/mol. The van der Waals surface area contributed by atoms with Crippen molar-refractivity contribution in [2.45, 2.75) is 0 Å². The number of primary amides is 1. The highest BCUT2D eigenvalue weighted by molar-refractivity contribution is 5.90. The molecule has 1 aromatic rings. The molecule has 0 aromatic heterocycles. The Hall–Kier alpha value is -2.64. The summed E-state index contributed by atoms with van der Waals surface area (Å²) in [5.41, 5.74) is 4.72. The number of ether oxygens (including phenoxy) is 1. The topological polar surface area (TPSA) is 116 Å². The fourth-order valence-corrected chi connectivity index (χ4v) is 0.895. The lowest BCUT2D eigenvalue weighted by Gasteiger charge is -2.11. The lowest BCUT2D eigenvalue weighted by atomic mass is 10.3. The number of amides is 3. The third-order valence-corrected chi connectivity index (χ3v) is 1.86. The van der Waals surface area contributed by atoms with E-state index in [0.717, 1.165) is 7.05 Å². The lowest BCUT2D eigenvalue weighted by molar-refractivity contribution is -0.384. The summed E-state index contributed by atoms with van der Waals surface area (Å²) in [6.45, 7) is 0. The van der Waals surface area contributed by atoms with E-state index in [1.54, 1.807) is 0 Å². The van der Waals surface area contributed by atoms with Gasteiger partial charge in [0.05, 0.1) is 4.92 Å². The first-order valence-corrected chi connectivity index (χ1v) is 4.41. The zero-order valence-electron chi connectivity index (χ0n) is 8.82. The molecule has 0 aliphatic rings. The van der Waals surface area contributed by atoms with Gasteiger partial charge in [0.2, 0.25) is 0 Å². The minimum Gasteiger partial charge on any atom is -0.410 e. The van der Waals surface area contributed by atoms with Crippen LogP contribution in [-0.2, 0) is 0 Å². The summed E-state index contributed by atoms with van der Waals surface area (Å²) >= 11 is 0. The van der Waals surface area contributed by atoms with E-state index in [9.17, 15) is 19.7 Å². The first kappa shape index (κ1) is 12.4. The normalized spacial score (nSPS) is 9.47. The molecule has 0 bridgehead atoms. The summed E-state index contributed by atoms with van der Waals surface area (Å²) in [6, 6.07) is 3.87. The van der Waals surface area contributed by atoms with Crippen LogP contribution in [0.15, 0.2) is 24.3 Å². The van der Waals surface area contributed by atoms with Gasteiger partial charge in [-0.15, -0.1) is 0 Å². The number of hydrogen-bond donors (Lipinski definition) is 1. The Labute approximate surface area is 95.7 Å². The molecule has 1 rings (SSSR count). The smallest absolute Gasteiger partial charge is 0.410 e. The van der Waals surface area contributed by atoms with Gasteiger partial charge >= 0.3 is 12.1 Å². The number of urea groups is 1. The molecule has 2 N–H and O–H groups in total. The van der Waals surface area contributed by atoms with E-state index in [0.29, 0.717) is 4.90 Å². The molecule has 0 saturated heterocycles. The molecule has 0 radical (unpaired) electrons. The molecule has 0 spiro atoms. The fraction of sp³-hybridized carbons (Fsp3) is 0.111. The maximum atomic E-state index is 11.2. The highest BCUT2D eigenvalue weighted by Gasteiger charge is 2.16. The van der Waals surface area contributed by atoms with Crippen molar-refractivity contribution in [3.8, 4) is 5.75 Å². The van der Waals surface area contributed by atoms with Crippen molar-refractivity contribution < 1.29 is 19.2 Å². The molecule has 0 aliphatic carbocycles. The van der Waals surface area contributed by atoms with Crippen LogP contribution < -0.4 is 10.5 Å². The van der Waals surface area contributed by atoms with Gasteiger partial charge in [-0.3, -0.25) is 10.1 Å². The van der Waals surface area contributed by atoms with Gasteiger partial charge in [-0.2, -0.15) is 0 Å². The number of carbonyl (C=O) groups excluding carboxylic acids is 2. The van der Waals surface area contributed by atoms with Crippen LogP contribution >= 0.6 is 0 Å². The van der Waals surface area contributed by atoms with Crippen LogP contribution in [0.4, 0.5) is 15.3 Å². The molecule has 0 atom stereocenters. The largest absolute Gasteiger partial charge is 0.423 e. The number of rotatable bonds is 2. The van der Waals surface area contributed by atoms with Crippen LogP contribution in [-0.4, -0.2) is 29.0 Å². The van der Waals surface area contributed by atoms with E-state index >= 15 is 0 Å². The molecule has 0 heterocycles. The molecule has 17 heavy (non-hydrogen) atoms. The third-order valence-electron chi connectivity index (χ3n) is 1.86. The minimum absolute atomic E-state index is 0.0775. The fourth-order valence-electron chi connectivity index (χ4n) is 0.895. The molecule has 0 saturated carbocycles. The Kier molecular flexibility index (Phi) is 3.60. The summed E-state index contributed by atoms with van der Waals surface area (Å²) in [5.74, 6) is 0.0775. The van der Waals surface area contributed by atoms with E-state index in [1.807, 2.05) is 0 Å². The molecule has 0 fully saturated rings. The number of imide groups is 1. The Bertz CT molecular complexity index is 456. The lowest BCUT2D eigenvalue weighted by Crippen LogP contribution is -2.39. The van der Waals surface area contributed by atoms with E-state index in [-0.39, 0.29) is 11.4 Å². The molecule has 0 aliphatic heterocycles. The van der Waals surface area contributed by atoms with Gasteiger partial charge in [-0.25, -0.2) is 14.5 Å². The number of hydrogen-bond acceptors (Lipinski definition) is 5. The number of nitro groups is 1. The van der Waals surface area contributed by atoms with E-state index in [2.05, 4.69) is 0 Å². The number of non-ortho nitro benzene ring substituents is 1. The first-order chi connectivity index (χ1) is 7.91. The predicted octanol–water partition coefficient (Wildman–Crippen LogP) is 1.10. The number of benzene rings is 1. The van der Waals surface area contributed by atoms with Crippen LogP contribution in [0.3, 0.4) is 0 Å². The average Bonchev–Trinajstić information content (AvgIpc) is 2.28. The molecular formula is C9H9N3O5. The van der Waals surface area contributed by atoms with Crippen LogP contribution in [0.1, 0.15) is 0 Å². The van der Waals surface area contributed by atoms with Gasteiger partial charge in [0, 0.05) is 19.2 Å². The molecule has 1 aromatic carbocycles. The van der Waals surface area contributed by atoms with Gasteiger partial charge in [0.25, 0.3) is 5.69 Å². The molecule has 8 nitrogen and oxygen atoms in total. The number of carbonyl (C=O) groups is 2. The molecule has 90 valence electrons. The highest BCUT2D eigenvalue weighted by Crippen LogP contribution is 2.17. The van der Waals surface area contributed by atoms with Crippen LogP contribution in [0.25, 0.3) is 0 Å². The van der Waals surface area contributed by atoms with Crippen molar-refractivity contribution >= 4 is 17.8 Å². The molecule has 8 heteroatoms. The van der Waals surface area contributed by atoms with Crippen LogP contribution in [0.5, 0.6) is 5.75 Å². The standard InChI is InChI=1S/C9H9N3O5/c1-11(8(10)13)9(14)17-7-4-2-6(3-5-7)12(15)16/h2-5H,1H3,(H2,10,13). The second-order valence-electron chi connectivity index (χ2n) is 3.02. The van der Waals surface area contributed by atoms with Crippen molar-refractivity contribution in [3.63, 3.8) is 0 Å². The van der Waals surface area contributed by atoms with E-state index in [4.69, 9.17) is 10.5 Å².